The van der Waals surface area contributed by atoms with Crippen molar-refractivity contribution in [1.29, 1.82) is 0 Å². The molecule has 1 aliphatic heterocycles. The smallest absolute Gasteiger partial charge is 0.271 e. The predicted molar refractivity (Wildman–Crippen MR) is 115 cm³/mol. The number of rotatable bonds is 4. The molecule has 0 aliphatic carbocycles. The van der Waals surface area contributed by atoms with Gasteiger partial charge in [0.05, 0.1) is 10.6 Å². The van der Waals surface area contributed by atoms with Gasteiger partial charge in [0.25, 0.3) is 11.8 Å². The van der Waals surface area contributed by atoms with E-state index in [1.54, 1.807) is 29.3 Å². The van der Waals surface area contributed by atoms with E-state index in [2.05, 4.69) is 15.2 Å². The number of hydrogen-bond donors (Lipinski definition) is 2. The van der Waals surface area contributed by atoms with Crippen molar-refractivity contribution >= 4 is 33.4 Å². The molecular formula is C22H18FN5O2S. The second kappa shape index (κ2) is 7.59. The minimum absolute atomic E-state index is 0.00360. The van der Waals surface area contributed by atoms with Crippen molar-refractivity contribution in [2.24, 2.45) is 5.73 Å². The number of thiophene rings is 1. The first-order chi connectivity index (χ1) is 15.0. The van der Waals surface area contributed by atoms with Crippen LogP contribution >= 0.6 is 11.3 Å². The van der Waals surface area contributed by atoms with Gasteiger partial charge in [-0.05, 0) is 48.4 Å². The Morgan fingerprint density at radius 1 is 1.23 bits per heavy atom. The summed E-state index contributed by atoms with van der Waals surface area (Å²) >= 11 is 1.29. The lowest BCUT2D eigenvalue weighted by Crippen LogP contribution is -2.29. The standard InChI is InChI=1S/C22H18FN5O2S/c23-14-5-3-12(4-6-14)16-10-17(27-26-16)22(30)28-9-7-13(11-28)18-15-2-1-8-25-21(15)31-19(18)20(24)29/h1-6,8,10,13H,7,9,11H2,(H2,24,29)(H,26,27). The second-order valence-corrected chi connectivity index (χ2v) is 8.47. The quantitative estimate of drug-likeness (QED) is 0.511. The number of fused-ring (bicyclic) bond motifs is 1. The van der Waals surface area contributed by atoms with Gasteiger partial charge in [-0.1, -0.05) is 6.07 Å². The van der Waals surface area contributed by atoms with Crippen LogP contribution in [0.1, 0.15) is 38.1 Å². The Labute approximate surface area is 180 Å². The maximum absolute atomic E-state index is 13.1. The maximum atomic E-state index is 13.1. The van der Waals surface area contributed by atoms with Gasteiger partial charge in [-0.15, -0.1) is 11.3 Å². The average molecular weight is 435 g/mol. The van der Waals surface area contributed by atoms with Gasteiger partial charge in [0.1, 0.15) is 16.3 Å². The van der Waals surface area contributed by atoms with Gasteiger partial charge in [-0.3, -0.25) is 14.7 Å². The summed E-state index contributed by atoms with van der Waals surface area (Å²) in [6.07, 6.45) is 2.42. The first-order valence-corrected chi connectivity index (χ1v) is 10.6. The number of aromatic amines is 1. The molecule has 3 aromatic heterocycles. The van der Waals surface area contributed by atoms with Crippen molar-refractivity contribution in [3.05, 3.63) is 70.6 Å². The van der Waals surface area contributed by atoms with Gasteiger partial charge in [-0.25, -0.2) is 9.37 Å². The highest BCUT2D eigenvalue weighted by Gasteiger charge is 2.33. The molecule has 7 nitrogen and oxygen atoms in total. The summed E-state index contributed by atoms with van der Waals surface area (Å²) in [6, 6.07) is 11.4. The highest BCUT2D eigenvalue weighted by molar-refractivity contribution is 7.20. The van der Waals surface area contributed by atoms with Crippen LogP contribution in [0.15, 0.2) is 48.7 Å². The summed E-state index contributed by atoms with van der Waals surface area (Å²) in [5.41, 5.74) is 8.17. The third-order valence-electron chi connectivity index (χ3n) is 5.56. The number of amides is 2. The molecule has 1 atom stereocenters. The molecular weight excluding hydrogens is 417 g/mol. The van der Waals surface area contributed by atoms with Crippen LogP contribution in [-0.2, 0) is 0 Å². The zero-order valence-electron chi connectivity index (χ0n) is 16.3. The molecule has 3 N–H and O–H groups in total. The zero-order chi connectivity index (χ0) is 21.5. The van der Waals surface area contributed by atoms with Crippen LogP contribution in [0.2, 0.25) is 0 Å². The van der Waals surface area contributed by atoms with Crippen LogP contribution in [-0.4, -0.2) is 45.0 Å². The van der Waals surface area contributed by atoms with Gasteiger partial charge < -0.3 is 10.6 Å². The lowest BCUT2D eigenvalue weighted by molar-refractivity contribution is 0.0785. The Morgan fingerprint density at radius 2 is 2.03 bits per heavy atom. The van der Waals surface area contributed by atoms with E-state index in [1.807, 2.05) is 12.1 Å². The fraction of sp³-hybridized carbons (Fsp3) is 0.182. The highest BCUT2D eigenvalue weighted by Crippen LogP contribution is 2.39. The molecule has 2 amide bonds. The fourth-order valence-corrected chi connectivity index (χ4v) is 5.17. The lowest BCUT2D eigenvalue weighted by Gasteiger charge is -2.16. The molecule has 1 fully saturated rings. The first-order valence-electron chi connectivity index (χ1n) is 9.79. The maximum Gasteiger partial charge on any atom is 0.271 e. The normalized spacial score (nSPS) is 16.2. The van der Waals surface area contributed by atoms with Crippen LogP contribution in [0, 0.1) is 5.82 Å². The number of nitrogens with two attached hydrogens (primary N) is 1. The van der Waals surface area contributed by atoms with Crippen molar-refractivity contribution in [2.75, 3.05) is 13.1 Å². The minimum Gasteiger partial charge on any atom is -0.365 e. The third kappa shape index (κ3) is 3.46. The van der Waals surface area contributed by atoms with Crippen LogP contribution in [0.4, 0.5) is 4.39 Å². The van der Waals surface area contributed by atoms with Crippen molar-refractivity contribution in [3.8, 4) is 11.3 Å². The van der Waals surface area contributed by atoms with Crippen molar-refractivity contribution in [1.82, 2.24) is 20.1 Å². The van der Waals surface area contributed by atoms with Crippen LogP contribution in [0.25, 0.3) is 21.5 Å². The molecule has 1 aliphatic rings. The Balaban J connectivity index is 1.39. The fourth-order valence-electron chi connectivity index (χ4n) is 4.09. The SMILES string of the molecule is NC(=O)c1sc2ncccc2c1C1CCN(C(=O)c2cc(-c3ccc(F)cc3)n[nH]2)C1. The predicted octanol–water partition coefficient (Wildman–Crippen LogP) is 3.55. The van der Waals surface area contributed by atoms with E-state index in [0.29, 0.717) is 29.4 Å². The molecule has 156 valence electrons. The van der Waals surface area contributed by atoms with Gasteiger partial charge in [0.15, 0.2) is 0 Å². The number of nitrogens with one attached hydrogen (secondary N) is 1. The van der Waals surface area contributed by atoms with Gasteiger partial charge in [0.2, 0.25) is 0 Å². The number of H-pyrrole nitrogens is 1. The Hall–Kier alpha value is -3.59. The molecule has 0 radical (unpaired) electrons. The van der Waals surface area contributed by atoms with Crippen molar-refractivity contribution < 1.29 is 14.0 Å². The molecule has 31 heavy (non-hydrogen) atoms. The molecule has 4 aromatic rings. The number of hydrogen-bond acceptors (Lipinski definition) is 5. The number of likely N-dealkylation sites (tertiary alicyclic amines) is 1. The summed E-state index contributed by atoms with van der Waals surface area (Å²) < 4.78 is 13.1. The molecule has 0 spiro atoms. The van der Waals surface area contributed by atoms with E-state index in [9.17, 15) is 14.0 Å². The van der Waals surface area contributed by atoms with E-state index in [1.165, 1.54) is 23.5 Å². The Morgan fingerprint density at radius 3 is 2.81 bits per heavy atom. The summed E-state index contributed by atoms with van der Waals surface area (Å²) in [7, 11) is 0. The number of benzene rings is 1. The number of carbonyl (C=O) groups is 2. The molecule has 0 bridgehead atoms. The Bertz CT molecular complexity index is 1300. The molecule has 0 saturated carbocycles. The number of aromatic nitrogens is 3. The van der Waals surface area contributed by atoms with Crippen molar-refractivity contribution in [3.63, 3.8) is 0 Å². The summed E-state index contributed by atoms with van der Waals surface area (Å²) in [4.78, 5) is 32.4. The van der Waals surface area contributed by atoms with E-state index in [0.717, 1.165) is 27.8 Å². The van der Waals surface area contributed by atoms with Gasteiger partial charge in [-0.2, -0.15) is 5.10 Å². The van der Waals surface area contributed by atoms with Gasteiger partial charge in [0, 0.05) is 36.2 Å². The van der Waals surface area contributed by atoms with E-state index >= 15 is 0 Å². The topological polar surface area (TPSA) is 105 Å². The zero-order valence-corrected chi connectivity index (χ0v) is 17.2. The molecule has 5 rings (SSSR count). The monoisotopic (exact) mass is 435 g/mol. The summed E-state index contributed by atoms with van der Waals surface area (Å²) in [5, 5.41) is 7.90. The van der Waals surface area contributed by atoms with Crippen LogP contribution in [0.3, 0.4) is 0 Å². The largest absolute Gasteiger partial charge is 0.365 e. The molecule has 9 heteroatoms. The van der Waals surface area contributed by atoms with E-state index < -0.39 is 5.91 Å². The van der Waals surface area contributed by atoms with Crippen molar-refractivity contribution in [2.45, 2.75) is 12.3 Å². The van der Waals surface area contributed by atoms with E-state index in [-0.39, 0.29) is 17.6 Å². The second-order valence-electron chi connectivity index (χ2n) is 7.48. The molecule has 1 saturated heterocycles. The van der Waals surface area contributed by atoms with Gasteiger partial charge >= 0.3 is 0 Å². The number of carbonyl (C=O) groups excluding carboxylic acids is 2. The molecule has 1 aromatic carbocycles. The number of halogens is 1. The number of pyridine rings is 1. The first kappa shape index (κ1) is 19.4. The third-order valence-corrected chi connectivity index (χ3v) is 6.70. The molecule has 4 heterocycles. The average Bonchev–Trinajstić information content (AvgIpc) is 3.51. The van der Waals surface area contributed by atoms with E-state index in [4.69, 9.17) is 5.73 Å². The molecule has 1 unspecified atom stereocenters. The minimum atomic E-state index is -0.472. The number of primary amides is 1. The van der Waals surface area contributed by atoms with Crippen LogP contribution < -0.4 is 5.73 Å². The Kier molecular flexibility index (Phi) is 4.74. The van der Waals surface area contributed by atoms with Crippen LogP contribution in [0.5, 0.6) is 0 Å². The number of nitrogens with zero attached hydrogens (tertiary/aromatic N) is 3. The highest BCUT2D eigenvalue weighted by atomic mass is 32.1. The summed E-state index contributed by atoms with van der Waals surface area (Å²) in [6.45, 7) is 1.04. The summed E-state index contributed by atoms with van der Waals surface area (Å²) in [5.74, 6) is -0.962. The lowest BCUT2D eigenvalue weighted by atomic mass is 9.95.